The van der Waals surface area contributed by atoms with Crippen LogP contribution in [0.5, 0.6) is 5.75 Å². The first-order valence-electron chi connectivity index (χ1n) is 8.07. The predicted molar refractivity (Wildman–Crippen MR) is 87.6 cm³/mol. The van der Waals surface area contributed by atoms with Crippen LogP contribution in [0.25, 0.3) is 0 Å². The van der Waals surface area contributed by atoms with E-state index in [2.05, 4.69) is 23.8 Å². The third-order valence-corrected chi connectivity index (χ3v) is 4.30. The molecule has 2 N–H and O–H groups in total. The van der Waals surface area contributed by atoms with Crippen molar-refractivity contribution in [1.82, 2.24) is 9.80 Å². The summed E-state index contributed by atoms with van der Waals surface area (Å²) in [6, 6.07) is 8.77. The molecular weight excluding hydrogens is 262 g/mol. The summed E-state index contributed by atoms with van der Waals surface area (Å²) in [5.41, 5.74) is 6.76. The summed E-state index contributed by atoms with van der Waals surface area (Å²) in [4.78, 5) is 4.97. The van der Waals surface area contributed by atoms with Crippen molar-refractivity contribution in [3.05, 3.63) is 29.8 Å². The van der Waals surface area contributed by atoms with Gasteiger partial charge in [0.2, 0.25) is 0 Å². The van der Waals surface area contributed by atoms with Crippen LogP contribution >= 0.6 is 0 Å². The Labute approximate surface area is 128 Å². The fourth-order valence-corrected chi connectivity index (χ4v) is 3.05. The van der Waals surface area contributed by atoms with Gasteiger partial charge in [0.15, 0.2) is 0 Å². The van der Waals surface area contributed by atoms with Crippen molar-refractivity contribution < 1.29 is 4.74 Å². The smallest absolute Gasteiger partial charge is 0.119 e. The van der Waals surface area contributed by atoms with Gasteiger partial charge in [-0.05, 0) is 50.7 Å². The van der Waals surface area contributed by atoms with E-state index in [-0.39, 0.29) is 0 Å². The topological polar surface area (TPSA) is 41.7 Å². The molecular formula is C17H29N3O. The average Bonchev–Trinajstić information content (AvgIpc) is 2.94. The number of nitrogens with zero attached hydrogens (tertiary/aromatic N) is 2. The van der Waals surface area contributed by atoms with Crippen molar-refractivity contribution in [2.24, 2.45) is 5.73 Å². The van der Waals surface area contributed by atoms with E-state index in [1.165, 1.54) is 25.9 Å². The van der Waals surface area contributed by atoms with Gasteiger partial charge in [0.25, 0.3) is 0 Å². The summed E-state index contributed by atoms with van der Waals surface area (Å²) in [7, 11) is 2.19. The Kier molecular flexibility index (Phi) is 6.49. The Morgan fingerprint density at radius 3 is 3.05 bits per heavy atom. The van der Waals surface area contributed by atoms with Gasteiger partial charge >= 0.3 is 0 Å². The van der Waals surface area contributed by atoms with E-state index >= 15 is 0 Å². The van der Waals surface area contributed by atoms with Crippen LogP contribution in [0.3, 0.4) is 0 Å². The molecule has 0 radical (unpaired) electrons. The molecule has 1 saturated heterocycles. The van der Waals surface area contributed by atoms with E-state index in [0.29, 0.717) is 6.54 Å². The summed E-state index contributed by atoms with van der Waals surface area (Å²) in [5, 5.41) is 0. The van der Waals surface area contributed by atoms with E-state index in [9.17, 15) is 0 Å². The Hall–Kier alpha value is -1.10. The fourth-order valence-electron chi connectivity index (χ4n) is 3.05. The second-order valence-corrected chi connectivity index (χ2v) is 5.89. The fraction of sp³-hybridized carbons (Fsp3) is 0.647. The molecule has 0 saturated carbocycles. The molecule has 0 bridgehead atoms. The first-order valence-corrected chi connectivity index (χ1v) is 8.07. The van der Waals surface area contributed by atoms with Crippen LogP contribution in [0.4, 0.5) is 0 Å². The highest BCUT2D eigenvalue weighted by molar-refractivity contribution is 5.28. The summed E-state index contributed by atoms with van der Waals surface area (Å²) >= 11 is 0. The second kappa shape index (κ2) is 8.37. The number of hydrogen-bond donors (Lipinski definition) is 1. The van der Waals surface area contributed by atoms with Crippen LogP contribution < -0.4 is 10.5 Å². The van der Waals surface area contributed by atoms with Crippen molar-refractivity contribution in [2.75, 3.05) is 39.8 Å². The highest BCUT2D eigenvalue weighted by Gasteiger charge is 2.23. The van der Waals surface area contributed by atoms with E-state index < -0.39 is 0 Å². The molecule has 2 rings (SSSR count). The third-order valence-electron chi connectivity index (χ3n) is 4.30. The molecule has 0 aromatic heterocycles. The Balaban J connectivity index is 1.70. The molecule has 1 unspecified atom stereocenters. The summed E-state index contributed by atoms with van der Waals surface area (Å²) in [6.07, 6.45) is 2.67. The van der Waals surface area contributed by atoms with Crippen molar-refractivity contribution in [2.45, 2.75) is 32.4 Å². The lowest BCUT2D eigenvalue weighted by molar-refractivity contribution is 0.177. The van der Waals surface area contributed by atoms with Crippen LogP contribution in [0.2, 0.25) is 0 Å². The van der Waals surface area contributed by atoms with Gasteiger partial charge in [-0.3, -0.25) is 4.90 Å². The molecule has 0 spiro atoms. The first-order chi connectivity index (χ1) is 10.2. The van der Waals surface area contributed by atoms with Gasteiger partial charge in [0.1, 0.15) is 12.4 Å². The van der Waals surface area contributed by atoms with Gasteiger partial charge in [0, 0.05) is 25.7 Å². The van der Waals surface area contributed by atoms with Crippen molar-refractivity contribution in [3.8, 4) is 5.75 Å². The molecule has 1 aliphatic rings. The number of likely N-dealkylation sites (tertiary alicyclic amines) is 1. The van der Waals surface area contributed by atoms with Crippen molar-refractivity contribution in [1.29, 1.82) is 0 Å². The number of rotatable bonds is 8. The van der Waals surface area contributed by atoms with Crippen LogP contribution in [0, 0.1) is 0 Å². The molecule has 1 aromatic carbocycles. The largest absolute Gasteiger partial charge is 0.492 e. The van der Waals surface area contributed by atoms with E-state index in [1.807, 2.05) is 24.3 Å². The molecule has 4 nitrogen and oxygen atoms in total. The lowest BCUT2D eigenvalue weighted by Crippen LogP contribution is -2.39. The quantitative estimate of drug-likeness (QED) is 0.795. The maximum absolute atomic E-state index is 5.83. The van der Waals surface area contributed by atoms with Crippen LogP contribution in [0.1, 0.15) is 25.3 Å². The van der Waals surface area contributed by atoms with Gasteiger partial charge in [-0.15, -0.1) is 0 Å². The van der Waals surface area contributed by atoms with Gasteiger partial charge in [0.05, 0.1) is 0 Å². The Morgan fingerprint density at radius 2 is 2.29 bits per heavy atom. The molecule has 21 heavy (non-hydrogen) atoms. The van der Waals surface area contributed by atoms with Gasteiger partial charge in [-0.1, -0.05) is 19.1 Å². The van der Waals surface area contributed by atoms with Crippen molar-refractivity contribution in [3.63, 3.8) is 0 Å². The lowest BCUT2D eigenvalue weighted by atomic mass is 10.2. The number of ether oxygens (including phenoxy) is 1. The summed E-state index contributed by atoms with van der Waals surface area (Å²) in [6.45, 7) is 8.07. The molecule has 1 heterocycles. The predicted octanol–water partition coefficient (Wildman–Crippen LogP) is 1.94. The zero-order chi connectivity index (χ0) is 15.1. The molecule has 0 amide bonds. The van der Waals surface area contributed by atoms with Crippen LogP contribution in [-0.2, 0) is 6.54 Å². The molecule has 1 fully saturated rings. The number of likely N-dealkylation sites (N-methyl/N-ethyl adjacent to an activating group) is 2. The molecule has 1 aromatic rings. The van der Waals surface area contributed by atoms with E-state index in [4.69, 9.17) is 10.5 Å². The minimum atomic E-state index is 0.561. The summed E-state index contributed by atoms with van der Waals surface area (Å²) < 4.78 is 5.83. The maximum atomic E-state index is 5.83. The zero-order valence-electron chi connectivity index (χ0n) is 13.4. The monoisotopic (exact) mass is 291 g/mol. The van der Waals surface area contributed by atoms with Crippen molar-refractivity contribution >= 4 is 0 Å². The highest BCUT2D eigenvalue weighted by Crippen LogP contribution is 2.17. The third kappa shape index (κ3) is 4.99. The minimum absolute atomic E-state index is 0.561. The van der Waals surface area contributed by atoms with E-state index in [1.54, 1.807) is 0 Å². The molecule has 1 aliphatic heterocycles. The number of benzene rings is 1. The molecule has 1 atom stereocenters. The van der Waals surface area contributed by atoms with Gasteiger partial charge < -0.3 is 15.4 Å². The maximum Gasteiger partial charge on any atom is 0.119 e. The Morgan fingerprint density at radius 1 is 1.43 bits per heavy atom. The number of nitrogens with two attached hydrogens (primary N) is 1. The molecule has 118 valence electrons. The van der Waals surface area contributed by atoms with Gasteiger partial charge in [-0.25, -0.2) is 0 Å². The van der Waals surface area contributed by atoms with E-state index in [0.717, 1.165) is 37.1 Å². The average molecular weight is 291 g/mol. The zero-order valence-corrected chi connectivity index (χ0v) is 13.4. The molecule has 0 aliphatic carbocycles. The Bertz CT molecular complexity index is 424. The SMILES string of the molecule is CCN1CCCC1CN(C)CCOc1cccc(CN)c1. The lowest BCUT2D eigenvalue weighted by Gasteiger charge is -2.27. The van der Waals surface area contributed by atoms with Crippen LogP contribution in [-0.4, -0.2) is 55.7 Å². The first kappa shape index (κ1) is 16.3. The highest BCUT2D eigenvalue weighted by atomic mass is 16.5. The minimum Gasteiger partial charge on any atom is -0.492 e. The summed E-state index contributed by atoms with van der Waals surface area (Å²) in [5.74, 6) is 0.919. The second-order valence-electron chi connectivity index (χ2n) is 5.89. The van der Waals surface area contributed by atoms with Gasteiger partial charge in [-0.2, -0.15) is 0 Å². The number of hydrogen-bond acceptors (Lipinski definition) is 4. The standard InChI is InChI=1S/C17H29N3O/c1-3-20-9-5-7-16(20)14-19(2)10-11-21-17-8-4-6-15(12-17)13-18/h4,6,8,12,16H,3,5,7,9-11,13-14,18H2,1-2H3. The molecule has 4 heteroatoms. The van der Waals surface area contributed by atoms with Crippen LogP contribution in [0.15, 0.2) is 24.3 Å². The normalized spacial score (nSPS) is 19.3.